The SMILES string of the molecule is CC(=O)c1c(C)[nH]c(C(=O)NCCN2CCCCCC2)c1C. The van der Waals surface area contributed by atoms with E-state index in [-0.39, 0.29) is 11.7 Å². The van der Waals surface area contributed by atoms with Gasteiger partial charge in [-0.15, -0.1) is 0 Å². The van der Waals surface area contributed by atoms with Crippen LogP contribution in [0.5, 0.6) is 0 Å². The van der Waals surface area contributed by atoms with Crippen molar-refractivity contribution in [2.24, 2.45) is 0 Å². The molecule has 22 heavy (non-hydrogen) atoms. The number of carbonyl (C=O) groups excluding carboxylic acids is 2. The van der Waals surface area contributed by atoms with E-state index in [1.165, 1.54) is 32.6 Å². The minimum atomic E-state index is -0.122. The Morgan fingerprint density at radius 1 is 1.14 bits per heavy atom. The van der Waals surface area contributed by atoms with Gasteiger partial charge in [-0.25, -0.2) is 0 Å². The van der Waals surface area contributed by atoms with E-state index in [0.717, 1.165) is 30.9 Å². The molecule has 0 bridgehead atoms. The van der Waals surface area contributed by atoms with E-state index in [1.807, 2.05) is 13.8 Å². The summed E-state index contributed by atoms with van der Waals surface area (Å²) in [5, 5.41) is 2.96. The summed E-state index contributed by atoms with van der Waals surface area (Å²) in [7, 11) is 0. The summed E-state index contributed by atoms with van der Waals surface area (Å²) >= 11 is 0. The second-order valence-electron chi connectivity index (χ2n) is 6.19. The fourth-order valence-corrected chi connectivity index (χ4v) is 3.28. The quantitative estimate of drug-likeness (QED) is 0.821. The third-order valence-corrected chi connectivity index (χ3v) is 4.43. The normalized spacial score (nSPS) is 16.3. The summed E-state index contributed by atoms with van der Waals surface area (Å²) in [6.45, 7) is 8.98. The zero-order chi connectivity index (χ0) is 16.1. The van der Waals surface area contributed by atoms with E-state index in [4.69, 9.17) is 0 Å². The van der Waals surface area contributed by atoms with Gasteiger partial charge in [0.25, 0.3) is 5.91 Å². The summed E-state index contributed by atoms with van der Waals surface area (Å²) in [6.07, 6.45) is 5.14. The van der Waals surface area contributed by atoms with E-state index < -0.39 is 0 Å². The summed E-state index contributed by atoms with van der Waals surface area (Å²) in [5.41, 5.74) is 2.66. The molecule has 0 aliphatic carbocycles. The van der Waals surface area contributed by atoms with E-state index in [2.05, 4.69) is 15.2 Å². The van der Waals surface area contributed by atoms with Gasteiger partial charge >= 0.3 is 0 Å². The van der Waals surface area contributed by atoms with Gasteiger partial charge in [0.1, 0.15) is 5.69 Å². The molecule has 0 atom stereocenters. The topological polar surface area (TPSA) is 65.2 Å². The van der Waals surface area contributed by atoms with Crippen LogP contribution in [0.15, 0.2) is 0 Å². The Morgan fingerprint density at radius 3 is 2.32 bits per heavy atom. The molecule has 1 aromatic heterocycles. The second-order valence-corrected chi connectivity index (χ2v) is 6.19. The van der Waals surface area contributed by atoms with Crippen LogP contribution < -0.4 is 5.32 Å². The maximum atomic E-state index is 12.3. The minimum absolute atomic E-state index is 0.00475. The average Bonchev–Trinajstić information content (AvgIpc) is 2.65. The molecular formula is C17H27N3O2. The largest absolute Gasteiger partial charge is 0.354 e. The molecule has 122 valence electrons. The maximum Gasteiger partial charge on any atom is 0.268 e. The van der Waals surface area contributed by atoms with Crippen molar-refractivity contribution in [3.63, 3.8) is 0 Å². The number of nitrogens with zero attached hydrogens (tertiary/aromatic N) is 1. The first-order valence-corrected chi connectivity index (χ1v) is 8.21. The monoisotopic (exact) mass is 305 g/mol. The molecule has 1 saturated heterocycles. The summed E-state index contributed by atoms with van der Waals surface area (Å²) in [4.78, 5) is 29.4. The maximum absolute atomic E-state index is 12.3. The van der Waals surface area contributed by atoms with Crippen molar-refractivity contribution in [3.8, 4) is 0 Å². The number of hydrogen-bond donors (Lipinski definition) is 2. The van der Waals surface area contributed by atoms with Crippen LogP contribution in [0.1, 0.15) is 64.7 Å². The molecule has 1 fully saturated rings. The lowest BCUT2D eigenvalue weighted by Crippen LogP contribution is -2.35. The highest BCUT2D eigenvalue weighted by molar-refractivity contribution is 6.02. The molecule has 2 heterocycles. The van der Waals surface area contributed by atoms with Crippen LogP contribution in [0, 0.1) is 13.8 Å². The molecule has 0 unspecified atom stereocenters. The standard InChI is InChI=1S/C17H27N3O2/c1-12-15(14(3)21)13(2)19-16(12)17(22)18-8-11-20-9-6-4-5-7-10-20/h19H,4-11H2,1-3H3,(H,18,22). The Hall–Kier alpha value is -1.62. The molecule has 2 rings (SSSR count). The number of amides is 1. The van der Waals surface area contributed by atoms with Gasteiger partial charge in [0.15, 0.2) is 5.78 Å². The molecule has 1 aliphatic heterocycles. The van der Waals surface area contributed by atoms with Crippen LogP contribution in [0.4, 0.5) is 0 Å². The average molecular weight is 305 g/mol. The zero-order valence-corrected chi connectivity index (χ0v) is 13.9. The first-order valence-electron chi connectivity index (χ1n) is 8.21. The number of likely N-dealkylation sites (tertiary alicyclic amines) is 1. The van der Waals surface area contributed by atoms with Crippen LogP contribution in [0.25, 0.3) is 0 Å². The predicted octanol–water partition coefficient (Wildman–Crippen LogP) is 2.44. The van der Waals surface area contributed by atoms with Crippen molar-refractivity contribution in [2.75, 3.05) is 26.2 Å². The van der Waals surface area contributed by atoms with Crippen LogP contribution in [0.2, 0.25) is 0 Å². The van der Waals surface area contributed by atoms with Crippen molar-refractivity contribution in [1.29, 1.82) is 0 Å². The summed E-state index contributed by atoms with van der Waals surface area (Å²) in [5.74, 6) is -0.127. The molecule has 1 aliphatic rings. The lowest BCUT2D eigenvalue weighted by Gasteiger charge is -2.19. The Morgan fingerprint density at radius 2 is 1.77 bits per heavy atom. The number of Topliss-reactive ketones (excluding diaryl/α,β-unsaturated/α-hetero) is 1. The van der Waals surface area contributed by atoms with E-state index in [1.54, 1.807) is 0 Å². The molecule has 0 aromatic carbocycles. The number of aryl methyl sites for hydroxylation is 1. The molecule has 0 radical (unpaired) electrons. The molecule has 1 aromatic rings. The highest BCUT2D eigenvalue weighted by atomic mass is 16.2. The molecule has 0 saturated carbocycles. The number of nitrogens with one attached hydrogen (secondary N) is 2. The van der Waals surface area contributed by atoms with E-state index in [9.17, 15) is 9.59 Å². The number of carbonyl (C=O) groups is 2. The molecule has 2 N–H and O–H groups in total. The smallest absolute Gasteiger partial charge is 0.268 e. The van der Waals surface area contributed by atoms with Crippen LogP contribution in [-0.4, -0.2) is 47.8 Å². The lowest BCUT2D eigenvalue weighted by atomic mass is 10.1. The number of hydrogen-bond acceptors (Lipinski definition) is 3. The fourth-order valence-electron chi connectivity index (χ4n) is 3.28. The predicted molar refractivity (Wildman–Crippen MR) is 87.5 cm³/mol. The van der Waals surface area contributed by atoms with E-state index >= 15 is 0 Å². The number of H-pyrrole nitrogens is 1. The van der Waals surface area contributed by atoms with E-state index in [0.29, 0.717) is 17.8 Å². The van der Waals surface area contributed by atoms with Crippen LogP contribution in [-0.2, 0) is 0 Å². The van der Waals surface area contributed by atoms with Crippen molar-refractivity contribution >= 4 is 11.7 Å². The van der Waals surface area contributed by atoms with Gasteiger partial charge in [-0.2, -0.15) is 0 Å². The number of rotatable bonds is 5. The molecule has 1 amide bonds. The summed E-state index contributed by atoms with van der Waals surface area (Å²) in [6, 6.07) is 0. The Labute approximate surface area is 132 Å². The van der Waals surface area contributed by atoms with Crippen LogP contribution >= 0.6 is 0 Å². The van der Waals surface area contributed by atoms with Crippen LogP contribution in [0.3, 0.4) is 0 Å². The highest BCUT2D eigenvalue weighted by Gasteiger charge is 2.19. The molecule has 5 heteroatoms. The van der Waals surface area contributed by atoms with Gasteiger partial charge < -0.3 is 15.2 Å². The molecule has 5 nitrogen and oxygen atoms in total. The Bertz CT molecular complexity index is 540. The Kier molecular flexibility index (Phi) is 5.77. The number of aromatic amines is 1. The van der Waals surface area contributed by atoms with Gasteiger partial charge in [-0.05, 0) is 52.3 Å². The Balaban J connectivity index is 1.90. The first kappa shape index (κ1) is 16.7. The number of ketones is 1. The second kappa shape index (κ2) is 7.58. The van der Waals surface area contributed by atoms with Gasteiger partial charge in [0, 0.05) is 24.3 Å². The van der Waals surface area contributed by atoms with Crippen molar-refractivity contribution in [3.05, 3.63) is 22.5 Å². The molecule has 0 spiro atoms. The minimum Gasteiger partial charge on any atom is -0.354 e. The van der Waals surface area contributed by atoms with Crippen molar-refractivity contribution in [2.45, 2.75) is 46.5 Å². The first-order chi connectivity index (χ1) is 10.5. The van der Waals surface area contributed by atoms with Crippen molar-refractivity contribution in [1.82, 2.24) is 15.2 Å². The van der Waals surface area contributed by atoms with Gasteiger partial charge in [-0.1, -0.05) is 12.8 Å². The summed E-state index contributed by atoms with van der Waals surface area (Å²) < 4.78 is 0. The zero-order valence-electron chi connectivity index (χ0n) is 13.9. The fraction of sp³-hybridized carbons (Fsp3) is 0.647. The van der Waals surface area contributed by atoms with Gasteiger partial charge in [-0.3, -0.25) is 9.59 Å². The third-order valence-electron chi connectivity index (χ3n) is 4.43. The lowest BCUT2D eigenvalue weighted by molar-refractivity contribution is 0.0943. The number of aromatic nitrogens is 1. The van der Waals surface area contributed by atoms with Crippen molar-refractivity contribution < 1.29 is 9.59 Å². The highest BCUT2D eigenvalue weighted by Crippen LogP contribution is 2.18. The van der Waals surface area contributed by atoms with Gasteiger partial charge in [0.05, 0.1) is 0 Å². The third kappa shape index (κ3) is 3.97. The van der Waals surface area contributed by atoms with Gasteiger partial charge in [0.2, 0.25) is 0 Å². The molecular weight excluding hydrogens is 278 g/mol.